The van der Waals surface area contributed by atoms with Gasteiger partial charge in [-0.05, 0) is 24.8 Å². The van der Waals surface area contributed by atoms with E-state index in [2.05, 4.69) is 12.0 Å². The number of benzene rings is 1. The molecular formula is C20H25N3O2. The summed E-state index contributed by atoms with van der Waals surface area (Å²) in [5, 5.41) is 4.39. The maximum Gasteiger partial charge on any atom is 0.267 e. The van der Waals surface area contributed by atoms with E-state index < -0.39 is 0 Å². The Labute approximate surface area is 148 Å². The summed E-state index contributed by atoms with van der Waals surface area (Å²) < 4.78 is 1.27. The first-order chi connectivity index (χ1) is 12.1. The van der Waals surface area contributed by atoms with Crippen LogP contribution in [0.1, 0.15) is 32.6 Å². The number of carbonyl (C=O) groups excluding carboxylic acids is 1. The second kappa shape index (κ2) is 7.64. The third-order valence-corrected chi connectivity index (χ3v) is 5.18. The van der Waals surface area contributed by atoms with Crippen molar-refractivity contribution in [2.75, 3.05) is 7.05 Å². The third-order valence-electron chi connectivity index (χ3n) is 5.18. The molecule has 5 nitrogen and oxygen atoms in total. The molecule has 0 N–H and O–H groups in total. The Kier molecular flexibility index (Phi) is 5.31. The van der Waals surface area contributed by atoms with E-state index >= 15 is 0 Å². The number of carbonyl (C=O) groups is 1. The van der Waals surface area contributed by atoms with Gasteiger partial charge >= 0.3 is 0 Å². The minimum Gasteiger partial charge on any atom is -0.341 e. The largest absolute Gasteiger partial charge is 0.341 e. The lowest BCUT2D eigenvalue weighted by molar-refractivity contribution is -0.134. The topological polar surface area (TPSA) is 55.2 Å². The monoisotopic (exact) mass is 339 g/mol. The summed E-state index contributed by atoms with van der Waals surface area (Å²) in [6, 6.07) is 13.1. The van der Waals surface area contributed by atoms with E-state index in [1.165, 1.54) is 17.2 Å². The lowest BCUT2D eigenvalue weighted by atomic mass is 9.85. The van der Waals surface area contributed by atoms with Crippen LogP contribution in [0.4, 0.5) is 0 Å². The highest BCUT2D eigenvalue weighted by Crippen LogP contribution is 2.27. The predicted molar refractivity (Wildman–Crippen MR) is 98.1 cm³/mol. The Morgan fingerprint density at radius 2 is 1.88 bits per heavy atom. The fourth-order valence-electron chi connectivity index (χ4n) is 3.62. The predicted octanol–water partition coefficient (Wildman–Crippen LogP) is 2.95. The molecule has 1 saturated carbocycles. The first kappa shape index (κ1) is 17.4. The van der Waals surface area contributed by atoms with Crippen molar-refractivity contribution in [3.8, 4) is 11.3 Å². The minimum absolute atomic E-state index is 0.0147. The van der Waals surface area contributed by atoms with Crippen LogP contribution < -0.4 is 5.56 Å². The summed E-state index contributed by atoms with van der Waals surface area (Å²) in [6.07, 6.45) is 4.59. The van der Waals surface area contributed by atoms with Gasteiger partial charge in [-0.3, -0.25) is 9.59 Å². The van der Waals surface area contributed by atoms with Gasteiger partial charge in [0, 0.05) is 24.7 Å². The molecule has 1 fully saturated rings. The standard InChI is InChI=1S/C20H25N3O2/c1-15-8-6-7-11-18(15)22(2)20(25)14-23-19(24)13-12-17(21-23)16-9-4-3-5-10-16/h3-5,9-10,12-13,15,18H,6-8,11,14H2,1-2H3/t15-,18-/m0/s1. The van der Waals surface area contributed by atoms with Gasteiger partial charge in [0.25, 0.3) is 5.56 Å². The van der Waals surface area contributed by atoms with Gasteiger partial charge in [0.1, 0.15) is 6.54 Å². The van der Waals surface area contributed by atoms with Crippen LogP contribution >= 0.6 is 0 Å². The van der Waals surface area contributed by atoms with Crippen molar-refractivity contribution in [3.63, 3.8) is 0 Å². The molecule has 2 aromatic rings. The molecule has 5 heteroatoms. The first-order valence-corrected chi connectivity index (χ1v) is 8.95. The van der Waals surface area contributed by atoms with Crippen molar-refractivity contribution in [1.29, 1.82) is 0 Å². The van der Waals surface area contributed by atoms with Gasteiger partial charge in [0.05, 0.1) is 5.69 Å². The van der Waals surface area contributed by atoms with Crippen LogP contribution in [0.25, 0.3) is 11.3 Å². The molecule has 2 atom stereocenters. The van der Waals surface area contributed by atoms with Crippen LogP contribution in [0.15, 0.2) is 47.3 Å². The van der Waals surface area contributed by atoms with Crippen molar-refractivity contribution < 1.29 is 4.79 Å². The molecule has 132 valence electrons. The summed E-state index contributed by atoms with van der Waals surface area (Å²) in [5.41, 5.74) is 1.37. The molecule has 1 aromatic carbocycles. The lowest BCUT2D eigenvalue weighted by Crippen LogP contribution is -2.45. The number of hydrogen-bond donors (Lipinski definition) is 0. The Balaban J connectivity index is 1.78. The van der Waals surface area contributed by atoms with Gasteiger partial charge < -0.3 is 4.90 Å². The summed E-state index contributed by atoms with van der Waals surface area (Å²) >= 11 is 0. The number of hydrogen-bond acceptors (Lipinski definition) is 3. The first-order valence-electron chi connectivity index (χ1n) is 8.95. The van der Waals surface area contributed by atoms with Gasteiger partial charge in [-0.15, -0.1) is 0 Å². The molecule has 0 spiro atoms. The number of rotatable bonds is 4. The van der Waals surface area contributed by atoms with Crippen LogP contribution in [0.3, 0.4) is 0 Å². The van der Waals surface area contributed by atoms with E-state index in [1.54, 1.807) is 6.07 Å². The van der Waals surface area contributed by atoms with Crippen molar-refractivity contribution in [3.05, 3.63) is 52.8 Å². The Hall–Kier alpha value is -2.43. The highest BCUT2D eigenvalue weighted by Gasteiger charge is 2.28. The summed E-state index contributed by atoms with van der Waals surface area (Å²) in [4.78, 5) is 26.6. The average molecular weight is 339 g/mol. The SMILES string of the molecule is C[C@H]1CCCC[C@@H]1N(C)C(=O)Cn1nc(-c2ccccc2)ccc1=O. The van der Waals surface area contributed by atoms with Gasteiger partial charge in [-0.1, -0.05) is 50.1 Å². The molecular weight excluding hydrogens is 314 g/mol. The maximum absolute atomic E-state index is 12.7. The fourth-order valence-corrected chi connectivity index (χ4v) is 3.62. The summed E-state index contributed by atoms with van der Waals surface area (Å²) in [7, 11) is 1.85. The Morgan fingerprint density at radius 3 is 2.60 bits per heavy atom. The van der Waals surface area contributed by atoms with Gasteiger partial charge in [0.2, 0.25) is 5.91 Å². The maximum atomic E-state index is 12.7. The van der Waals surface area contributed by atoms with Crippen LogP contribution in [-0.2, 0) is 11.3 Å². The minimum atomic E-state index is -0.252. The number of nitrogens with zero attached hydrogens (tertiary/aromatic N) is 3. The van der Waals surface area contributed by atoms with Crippen LogP contribution in [0.2, 0.25) is 0 Å². The normalized spacial score (nSPS) is 20.2. The van der Waals surface area contributed by atoms with E-state index in [0.717, 1.165) is 24.8 Å². The second-order valence-corrected chi connectivity index (χ2v) is 6.91. The fraction of sp³-hybridized carbons (Fsp3) is 0.450. The summed E-state index contributed by atoms with van der Waals surface area (Å²) in [5.74, 6) is 0.446. The molecule has 1 heterocycles. The Bertz CT molecular complexity index is 785. The van der Waals surface area contributed by atoms with Crippen molar-refractivity contribution >= 4 is 5.91 Å². The quantitative estimate of drug-likeness (QED) is 0.860. The second-order valence-electron chi connectivity index (χ2n) is 6.91. The zero-order chi connectivity index (χ0) is 17.8. The van der Waals surface area contributed by atoms with Crippen molar-refractivity contribution in [2.45, 2.75) is 45.2 Å². The molecule has 1 aromatic heterocycles. The zero-order valence-corrected chi connectivity index (χ0v) is 14.9. The van der Waals surface area contributed by atoms with Gasteiger partial charge in [-0.2, -0.15) is 5.10 Å². The highest BCUT2D eigenvalue weighted by molar-refractivity contribution is 5.76. The van der Waals surface area contributed by atoms with Crippen molar-refractivity contribution in [2.24, 2.45) is 5.92 Å². The number of likely N-dealkylation sites (N-methyl/N-ethyl adjacent to an activating group) is 1. The molecule has 0 aliphatic heterocycles. The van der Waals surface area contributed by atoms with Gasteiger partial charge in [-0.25, -0.2) is 4.68 Å². The van der Waals surface area contributed by atoms with E-state index in [4.69, 9.17) is 0 Å². The van der Waals surface area contributed by atoms with Crippen LogP contribution in [0.5, 0.6) is 0 Å². The average Bonchev–Trinajstić information content (AvgIpc) is 2.64. The molecule has 0 unspecified atom stereocenters. The van der Waals surface area contributed by atoms with E-state index in [9.17, 15) is 9.59 Å². The molecule has 25 heavy (non-hydrogen) atoms. The van der Waals surface area contributed by atoms with Crippen LogP contribution in [0, 0.1) is 5.92 Å². The Morgan fingerprint density at radius 1 is 1.16 bits per heavy atom. The lowest BCUT2D eigenvalue weighted by Gasteiger charge is -2.36. The highest BCUT2D eigenvalue weighted by atomic mass is 16.2. The number of aromatic nitrogens is 2. The van der Waals surface area contributed by atoms with Crippen molar-refractivity contribution in [1.82, 2.24) is 14.7 Å². The molecule has 1 aliphatic carbocycles. The number of amides is 1. The van der Waals surface area contributed by atoms with Gasteiger partial charge in [0.15, 0.2) is 0 Å². The molecule has 3 rings (SSSR count). The molecule has 0 bridgehead atoms. The molecule has 1 aliphatic rings. The molecule has 1 amide bonds. The van der Waals surface area contributed by atoms with E-state index in [0.29, 0.717) is 11.6 Å². The summed E-state index contributed by atoms with van der Waals surface area (Å²) in [6.45, 7) is 2.19. The molecule has 0 saturated heterocycles. The smallest absolute Gasteiger partial charge is 0.267 e. The zero-order valence-electron chi connectivity index (χ0n) is 14.9. The molecule has 0 radical (unpaired) electrons. The van der Waals surface area contributed by atoms with E-state index in [-0.39, 0.29) is 24.1 Å². The third kappa shape index (κ3) is 3.98. The van der Waals surface area contributed by atoms with E-state index in [1.807, 2.05) is 42.3 Å². The van der Waals surface area contributed by atoms with Crippen LogP contribution in [-0.4, -0.2) is 33.7 Å².